The number of hydrogen-bond donors (Lipinski definition) is 2. The van der Waals surface area contributed by atoms with Gasteiger partial charge in [-0.15, -0.1) is 0 Å². The van der Waals surface area contributed by atoms with Crippen molar-refractivity contribution in [2.24, 2.45) is 5.84 Å². The van der Waals surface area contributed by atoms with E-state index in [-0.39, 0.29) is 11.7 Å². The minimum Gasteiger partial charge on any atom is -0.367 e. The molecule has 0 saturated carbocycles. The molecule has 1 aliphatic heterocycles. The Morgan fingerprint density at radius 3 is 2.71 bits per heavy atom. The average molecular weight is 285 g/mol. The minimum absolute atomic E-state index is 0.212. The van der Waals surface area contributed by atoms with Gasteiger partial charge in [-0.25, -0.2) is 10.2 Å². The number of carbonyl (C=O) groups excluding carboxylic acids is 1. The van der Waals surface area contributed by atoms with Crippen molar-refractivity contribution in [2.45, 2.75) is 13.0 Å². The van der Waals surface area contributed by atoms with Gasteiger partial charge in [-0.2, -0.15) is 0 Å². The minimum atomic E-state index is -0.310. The molecule has 1 amide bonds. The van der Waals surface area contributed by atoms with Gasteiger partial charge in [0.05, 0.1) is 0 Å². The Morgan fingerprint density at radius 2 is 2.00 bits per heavy atom. The number of nitrogens with zero attached hydrogens (tertiary/aromatic N) is 1. The lowest BCUT2D eigenvalue weighted by molar-refractivity contribution is 0.0953. The lowest BCUT2D eigenvalue weighted by Crippen LogP contribution is -2.29. The van der Waals surface area contributed by atoms with Crippen molar-refractivity contribution in [3.8, 4) is 0 Å². The third-order valence-corrected chi connectivity index (χ3v) is 3.76. The summed E-state index contributed by atoms with van der Waals surface area (Å²) in [6.45, 7) is 1.57. The lowest BCUT2D eigenvalue weighted by Gasteiger charge is -2.19. The predicted molar refractivity (Wildman–Crippen MR) is 79.2 cm³/mol. The molecule has 4 nitrogen and oxygen atoms in total. The summed E-state index contributed by atoms with van der Waals surface area (Å²) in [6, 6.07) is 12.2. The maximum Gasteiger partial charge on any atom is 0.265 e. The van der Waals surface area contributed by atoms with Crippen LogP contribution in [-0.4, -0.2) is 12.5 Å². The number of nitrogens with one attached hydrogen (secondary N) is 1. The van der Waals surface area contributed by atoms with Crippen molar-refractivity contribution in [3.05, 3.63) is 65.0 Å². The van der Waals surface area contributed by atoms with Gasteiger partial charge in [-0.05, 0) is 41.8 Å². The molecule has 1 aliphatic rings. The van der Waals surface area contributed by atoms with Crippen molar-refractivity contribution in [1.29, 1.82) is 0 Å². The van der Waals surface area contributed by atoms with E-state index in [9.17, 15) is 9.18 Å². The number of nitrogens with two attached hydrogens (primary N) is 1. The first-order chi connectivity index (χ1) is 10.2. The van der Waals surface area contributed by atoms with E-state index in [4.69, 9.17) is 5.84 Å². The van der Waals surface area contributed by atoms with E-state index in [2.05, 4.69) is 10.3 Å². The fourth-order valence-electron chi connectivity index (χ4n) is 2.65. The second-order valence-electron chi connectivity index (χ2n) is 5.11. The van der Waals surface area contributed by atoms with Gasteiger partial charge in [-0.1, -0.05) is 18.2 Å². The maximum absolute atomic E-state index is 13.4. The molecule has 0 aromatic heterocycles. The quantitative estimate of drug-likeness (QED) is 0.515. The van der Waals surface area contributed by atoms with E-state index in [1.54, 1.807) is 18.2 Å². The molecule has 0 fully saturated rings. The molecule has 0 aliphatic carbocycles. The highest BCUT2D eigenvalue weighted by molar-refractivity contribution is 5.93. The van der Waals surface area contributed by atoms with E-state index in [1.807, 2.05) is 18.2 Å². The van der Waals surface area contributed by atoms with Crippen LogP contribution in [0.2, 0.25) is 0 Å². The molecule has 108 valence electrons. The Hall–Kier alpha value is -2.40. The number of hydrazine groups is 1. The molecular formula is C16H16FN3O. The molecule has 5 heteroatoms. The molecule has 2 aromatic rings. The van der Waals surface area contributed by atoms with Gasteiger partial charge in [0.15, 0.2) is 0 Å². The summed E-state index contributed by atoms with van der Waals surface area (Å²) in [7, 11) is 0. The fourth-order valence-corrected chi connectivity index (χ4v) is 2.65. The number of halogens is 1. The van der Waals surface area contributed by atoms with Crippen LogP contribution < -0.4 is 16.2 Å². The lowest BCUT2D eigenvalue weighted by atomic mass is 10.1. The van der Waals surface area contributed by atoms with Crippen molar-refractivity contribution >= 4 is 11.6 Å². The van der Waals surface area contributed by atoms with E-state index in [0.717, 1.165) is 24.2 Å². The van der Waals surface area contributed by atoms with Crippen molar-refractivity contribution in [1.82, 2.24) is 5.43 Å². The molecule has 0 bridgehead atoms. The monoisotopic (exact) mass is 285 g/mol. The highest BCUT2D eigenvalue weighted by Crippen LogP contribution is 2.29. The van der Waals surface area contributed by atoms with Gasteiger partial charge < -0.3 is 4.90 Å². The molecular weight excluding hydrogens is 269 g/mol. The SMILES string of the molecule is NNC(=O)c1ccc(CN2CCc3ccc(F)cc32)cc1. The highest BCUT2D eigenvalue weighted by atomic mass is 19.1. The molecule has 21 heavy (non-hydrogen) atoms. The largest absolute Gasteiger partial charge is 0.367 e. The van der Waals surface area contributed by atoms with Crippen molar-refractivity contribution < 1.29 is 9.18 Å². The molecule has 0 saturated heterocycles. The molecule has 0 atom stereocenters. The maximum atomic E-state index is 13.4. The normalized spacial score (nSPS) is 13.1. The average Bonchev–Trinajstić information content (AvgIpc) is 2.89. The summed E-state index contributed by atoms with van der Waals surface area (Å²) in [6.07, 6.45) is 0.934. The summed E-state index contributed by atoms with van der Waals surface area (Å²) in [5, 5.41) is 0. The molecule has 0 unspecified atom stereocenters. The van der Waals surface area contributed by atoms with Crippen LogP contribution in [0.1, 0.15) is 21.5 Å². The topological polar surface area (TPSA) is 58.4 Å². The first kappa shape index (κ1) is 13.6. The van der Waals surface area contributed by atoms with E-state index in [0.29, 0.717) is 12.1 Å². The zero-order valence-corrected chi connectivity index (χ0v) is 11.5. The summed E-state index contributed by atoms with van der Waals surface area (Å²) < 4.78 is 13.4. The van der Waals surface area contributed by atoms with Gasteiger partial charge in [0.2, 0.25) is 0 Å². The molecule has 0 spiro atoms. The van der Waals surface area contributed by atoms with E-state index in [1.165, 1.54) is 11.6 Å². The number of rotatable bonds is 3. The Bertz CT molecular complexity index is 670. The van der Waals surface area contributed by atoms with Crippen LogP contribution in [0.25, 0.3) is 0 Å². The number of nitrogen functional groups attached to an aromatic ring is 1. The zero-order chi connectivity index (χ0) is 14.8. The number of amides is 1. The van der Waals surface area contributed by atoms with Crippen LogP contribution >= 0.6 is 0 Å². The van der Waals surface area contributed by atoms with Gasteiger partial charge in [-0.3, -0.25) is 10.2 Å². The third kappa shape index (κ3) is 2.73. The Labute approximate surface area is 122 Å². The number of hydrogen-bond acceptors (Lipinski definition) is 3. The highest BCUT2D eigenvalue weighted by Gasteiger charge is 2.19. The molecule has 2 aromatic carbocycles. The van der Waals surface area contributed by atoms with E-state index < -0.39 is 0 Å². The smallest absolute Gasteiger partial charge is 0.265 e. The van der Waals surface area contributed by atoms with Crippen LogP contribution in [0.4, 0.5) is 10.1 Å². The Kier molecular flexibility index (Phi) is 3.58. The van der Waals surface area contributed by atoms with Gasteiger partial charge in [0, 0.05) is 24.3 Å². The summed E-state index contributed by atoms with van der Waals surface area (Å²) in [4.78, 5) is 13.5. The Morgan fingerprint density at radius 1 is 1.24 bits per heavy atom. The standard InChI is InChI=1S/C16H16FN3O/c17-14-6-5-12-7-8-20(15(12)9-14)10-11-1-3-13(4-2-11)16(21)19-18/h1-6,9H,7-8,10,18H2,(H,19,21). The molecule has 1 heterocycles. The summed E-state index contributed by atoms with van der Waals surface area (Å²) in [5.41, 5.74) is 5.83. The van der Waals surface area contributed by atoms with Crippen LogP contribution in [0.5, 0.6) is 0 Å². The summed E-state index contributed by atoms with van der Waals surface area (Å²) >= 11 is 0. The van der Waals surface area contributed by atoms with Crippen LogP contribution in [0, 0.1) is 5.82 Å². The number of carbonyl (C=O) groups is 1. The second-order valence-corrected chi connectivity index (χ2v) is 5.11. The van der Waals surface area contributed by atoms with Crippen molar-refractivity contribution in [3.63, 3.8) is 0 Å². The van der Waals surface area contributed by atoms with Gasteiger partial charge >= 0.3 is 0 Å². The zero-order valence-electron chi connectivity index (χ0n) is 11.5. The number of fused-ring (bicyclic) bond motifs is 1. The molecule has 0 radical (unpaired) electrons. The second kappa shape index (κ2) is 5.54. The molecule has 3 N–H and O–H groups in total. The predicted octanol–water partition coefficient (Wildman–Crippen LogP) is 1.99. The molecule has 3 rings (SSSR count). The van der Waals surface area contributed by atoms with Crippen LogP contribution in [-0.2, 0) is 13.0 Å². The third-order valence-electron chi connectivity index (χ3n) is 3.76. The van der Waals surface area contributed by atoms with Gasteiger partial charge in [0.1, 0.15) is 5.82 Å². The van der Waals surface area contributed by atoms with Crippen molar-refractivity contribution in [2.75, 3.05) is 11.4 Å². The van der Waals surface area contributed by atoms with Crippen LogP contribution in [0.3, 0.4) is 0 Å². The number of benzene rings is 2. The summed E-state index contributed by atoms with van der Waals surface area (Å²) in [5.74, 6) is 4.58. The van der Waals surface area contributed by atoms with Crippen LogP contribution in [0.15, 0.2) is 42.5 Å². The van der Waals surface area contributed by atoms with E-state index >= 15 is 0 Å². The first-order valence-corrected chi connectivity index (χ1v) is 6.80. The first-order valence-electron chi connectivity index (χ1n) is 6.80. The fraction of sp³-hybridized carbons (Fsp3) is 0.188. The number of anilines is 1. The Balaban J connectivity index is 1.77. The van der Waals surface area contributed by atoms with Gasteiger partial charge in [0.25, 0.3) is 5.91 Å².